The summed E-state index contributed by atoms with van der Waals surface area (Å²) < 4.78 is 23.9. The lowest BCUT2D eigenvalue weighted by atomic mass is 10.1. The van der Waals surface area contributed by atoms with Gasteiger partial charge in [0.05, 0.1) is 5.69 Å². The van der Waals surface area contributed by atoms with Crippen molar-refractivity contribution in [2.45, 2.75) is 13.0 Å². The highest BCUT2D eigenvalue weighted by molar-refractivity contribution is 5.79. The van der Waals surface area contributed by atoms with Crippen LogP contribution in [0.5, 0.6) is 0 Å². The number of halogens is 2. The molecule has 1 amide bonds. The Morgan fingerprint density at radius 3 is 2.56 bits per heavy atom. The molecule has 4 nitrogen and oxygen atoms in total. The molecular formula is C12H11F2N3O. The van der Waals surface area contributed by atoms with E-state index in [1.165, 1.54) is 0 Å². The number of rotatable bonds is 4. The molecule has 94 valence electrons. The van der Waals surface area contributed by atoms with E-state index in [0.29, 0.717) is 0 Å². The first-order valence-corrected chi connectivity index (χ1v) is 5.31. The number of nitrogens with zero attached hydrogens (tertiary/aromatic N) is 1. The van der Waals surface area contributed by atoms with Gasteiger partial charge in [0, 0.05) is 12.7 Å². The number of alkyl halides is 2. The van der Waals surface area contributed by atoms with Crippen LogP contribution < -0.4 is 5.32 Å². The zero-order valence-electron chi connectivity index (χ0n) is 9.36. The van der Waals surface area contributed by atoms with Crippen LogP contribution >= 0.6 is 0 Å². The molecule has 1 heterocycles. The van der Waals surface area contributed by atoms with E-state index in [4.69, 9.17) is 0 Å². The van der Waals surface area contributed by atoms with Crippen LogP contribution in [0.15, 0.2) is 36.5 Å². The first kappa shape index (κ1) is 12.2. The number of aromatic amines is 1. The molecule has 0 fully saturated rings. The first-order valence-electron chi connectivity index (χ1n) is 5.31. The molecule has 0 atom stereocenters. The minimum absolute atomic E-state index is 0.0897. The van der Waals surface area contributed by atoms with E-state index in [0.717, 1.165) is 16.8 Å². The Morgan fingerprint density at radius 1 is 1.28 bits per heavy atom. The SMILES string of the molecule is O=C(NCc1ccc(-c2ccn[nH]2)cc1)C(F)F. The molecule has 18 heavy (non-hydrogen) atoms. The standard InChI is InChI=1S/C12H11F2N3O/c13-11(14)12(18)15-7-8-1-3-9(4-2-8)10-5-6-16-17-10/h1-6,11H,7H2,(H,15,18)(H,16,17). The summed E-state index contributed by atoms with van der Waals surface area (Å²) in [5.74, 6) is -1.26. The summed E-state index contributed by atoms with van der Waals surface area (Å²) in [7, 11) is 0. The molecule has 6 heteroatoms. The minimum atomic E-state index is -2.98. The van der Waals surface area contributed by atoms with Gasteiger partial charge in [0.25, 0.3) is 5.91 Å². The molecule has 2 N–H and O–H groups in total. The number of H-pyrrole nitrogens is 1. The maximum absolute atomic E-state index is 12.0. The zero-order chi connectivity index (χ0) is 13.0. The number of amides is 1. The number of hydrogen-bond acceptors (Lipinski definition) is 2. The number of carbonyl (C=O) groups is 1. The largest absolute Gasteiger partial charge is 0.347 e. The topological polar surface area (TPSA) is 57.8 Å². The lowest BCUT2D eigenvalue weighted by molar-refractivity contribution is -0.131. The zero-order valence-corrected chi connectivity index (χ0v) is 9.36. The van der Waals surface area contributed by atoms with Crippen LogP contribution in [0.3, 0.4) is 0 Å². The third-order valence-electron chi connectivity index (χ3n) is 2.43. The van der Waals surface area contributed by atoms with Crippen molar-refractivity contribution in [1.82, 2.24) is 15.5 Å². The van der Waals surface area contributed by atoms with E-state index in [1.54, 1.807) is 18.3 Å². The highest BCUT2D eigenvalue weighted by Crippen LogP contribution is 2.16. The molecule has 2 rings (SSSR count). The maximum atomic E-state index is 12.0. The van der Waals surface area contributed by atoms with Crippen molar-refractivity contribution in [3.63, 3.8) is 0 Å². The molecule has 1 aromatic heterocycles. The molecule has 0 saturated heterocycles. The van der Waals surface area contributed by atoms with E-state index in [2.05, 4.69) is 15.5 Å². The van der Waals surface area contributed by atoms with Gasteiger partial charge in [0.2, 0.25) is 0 Å². The van der Waals surface area contributed by atoms with E-state index < -0.39 is 12.3 Å². The van der Waals surface area contributed by atoms with Gasteiger partial charge in [0.1, 0.15) is 0 Å². The molecule has 0 radical (unpaired) electrons. The average Bonchev–Trinajstić information content (AvgIpc) is 2.90. The Hall–Kier alpha value is -2.24. The Labute approximate surface area is 102 Å². The van der Waals surface area contributed by atoms with Crippen molar-refractivity contribution in [3.8, 4) is 11.3 Å². The average molecular weight is 251 g/mol. The maximum Gasteiger partial charge on any atom is 0.315 e. The smallest absolute Gasteiger partial charge is 0.315 e. The fraction of sp³-hybridized carbons (Fsp3) is 0.167. The molecule has 1 aromatic carbocycles. The second kappa shape index (κ2) is 5.39. The lowest BCUT2D eigenvalue weighted by Gasteiger charge is -2.05. The molecule has 0 saturated carbocycles. The van der Waals surface area contributed by atoms with Crippen molar-refractivity contribution in [2.24, 2.45) is 0 Å². The number of carbonyl (C=O) groups excluding carboxylic acids is 1. The Kier molecular flexibility index (Phi) is 3.66. The fourth-order valence-corrected chi connectivity index (χ4v) is 1.49. The van der Waals surface area contributed by atoms with Crippen LogP contribution in [0.2, 0.25) is 0 Å². The van der Waals surface area contributed by atoms with Gasteiger partial charge in [-0.15, -0.1) is 0 Å². The van der Waals surface area contributed by atoms with Gasteiger partial charge in [-0.2, -0.15) is 13.9 Å². The van der Waals surface area contributed by atoms with E-state index >= 15 is 0 Å². The second-order valence-electron chi connectivity index (χ2n) is 3.69. The predicted octanol–water partition coefficient (Wildman–Crippen LogP) is 1.96. The summed E-state index contributed by atoms with van der Waals surface area (Å²) in [5.41, 5.74) is 2.57. The van der Waals surface area contributed by atoms with Crippen LogP contribution in [0, 0.1) is 0 Å². The summed E-state index contributed by atoms with van der Waals surface area (Å²) in [5, 5.41) is 8.80. The molecule has 0 spiro atoms. The van der Waals surface area contributed by atoms with Crippen molar-refractivity contribution in [2.75, 3.05) is 0 Å². The van der Waals surface area contributed by atoms with Crippen LogP contribution in [0.4, 0.5) is 8.78 Å². The minimum Gasteiger partial charge on any atom is -0.347 e. The second-order valence-corrected chi connectivity index (χ2v) is 3.69. The quantitative estimate of drug-likeness (QED) is 0.872. The van der Waals surface area contributed by atoms with Crippen LogP contribution in [-0.4, -0.2) is 22.5 Å². The van der Waals surface area contributed by atoms with Crippen molar-refractivity contribution in [1.29, 1.82) is 0 Å². The number of hydrogen-bond donors (Lipinski definition) is 2. The third-order valence-corrected chi connectivity index (χ3v) is 2.43. The summed E-state index contributed by atoms with van der Waals surface area (Å²) in [6.07, 6.45) is -1.33. The fourth-order valence-electron chi connectivity index (χ4n) is 1.49. The van der Waals surface area contributed by atoms with E-state index in [9.17, 15) is 13.6 Å². The third kappa shape index (κ3) is 2.91. The Morgan fingerprint density at radius 2 is 2.00 bits per heavy atom. The summed E-state index contributed by atoms with van der Waals surface area (Å²) in [6, 6.07) is 9.02. The molecular weight excluding hydrogens is 240 g/mol. The van der Waals surface area contributed by atoms with Gasteiger partial charge in [-0.05, 0) is 17.2 Å². The van der Waals surface area contributed by atoms with Gasteiger partial charge in [0.15, 0.2) is 0 Å². The van der Waals surface area contributed by atoms with Crippen molar-refractivity contribution in [3.05, 3.63) is 42.1 Å². The summed E-state index contributed by atoms with van der Waals surface area (Å²) in [4.78, 5) is 10.7. The summed E-state index contributed by atoms with van der Waals surface area (Å²) >= 11 is 0. The highest BCUT2D eigenvalue weighted by atomic mass is 19.3. The molecule has 0 aliphatic heterocycles. The Bertz CT molecular complexity index is 509. The van der Waals surface area contributed by atoms with Crippen LogP contribution in [0.1, 0.15) is 5.56 Å². The van der Waals surface area contributed by atoms with Gasteiger partial charge >= 0.3 is 6.43 Å². The first-order chi connectivity index (χ1) is 8.66. The number of benzene rings is 1. The lowest BCUT2D eigenvalue weighted by Crippen LogP contribution is -2.28. The highest BCUT2D eigenvalue weighted by Gasteiger charge is 2.13. The van der Waals surface area contributed by atoms with Crippen LogP contribution in [0.25, 0.3) is 11.3 Å². The van der Waals surface area contributed by atoms with Gasteiger partial charge in [-0.1, -0.05) is 24.3 Å². The van der Waals surface area contributed by atoms with Gasteiger partial charge in [-0.25, -0.2) is 0 Å². The summed E-state index contributed by atoms with van der Waals surface area (Å²) in [6.45, 7) is 0.0897. The molecule has 0 aliphatic rings. The predicted molar refractivity (Wildman–Crippen MR) is 61.9 cm³/mol. The normalized spacial score (nSPS) is 10.6. The molecule has 0 bridgehead atoms. The van der Waals surface area contributed by atoms with Crippen molar-refractivity contribution < 1.29 is 13.6 Å². The Balaban J connectivity index is 1.98. The monoisotopic (exact) mass is 251 g/mol. The molecule has 0 unspecified atom stereocenters. The number of nitrogens with one attached hydrogen (secondary N) is 2. The van der Waals surface area contributed by atoms with Crippen molar-refractivity contribution >= 4 is 5.91 Å². The van der Waals surface area contributed by atoms with Gasteiger partial charge in [-0.3, -0.25) is 9.89 Å². The van der Waals surface area contributed by atoms with E-state index in [1.807, 2.05) is 18.2 Å². The molecule has 2 aromatic rings. The van der Waals surface area contributed by atoms with Gasteiger partial charge < -0.3 is 5.32 Å². The molecule has 0 aliphatic carbocycles. The van der Waals surface area contributed by atoms with E-state index in [-0.39, 0.29) is 6.54 Å². The van der Waals surface area contributed by atoms with Crippen LogP contribution in [-0.2, 0) is 11.3 Å². The number of aromatic nitrogens is 2.